The molecule has 4 rings (SSSR count). The van der Waals surface area contributed by atoms with Crippen molar-refractivity contribution in [2.75, 3.05) is 37.7 Å². The van der Waals surface area contributed by atoms with E-state index in [9.17, 15) is 13.5 Å². The van der Waals surface area contributed by atoms with E-state index in [1.54, 1.807) is 12.4 Å². The summed E-state index contributed by atoms with van der Waals surface area (Å²) in [4.78, 5) is 1.97. The van der Waals surface area contributed by atoms with Crippen molar-refractivity contribution < 1.29 is 18.3 Å². The van der Waals surface area contributed by atoms with Gasteiger partial charge in [0.1, 0.15) is 18.5 Å². The highest BCUT2D eigenvalue weighted by Gasteiger charge is 2.23. The highest BCUT2D eigenvalue weighted by Crippen LogP contribution is 2.34. The molecule has 8 heteroatoms. The molecule has 1 aliphatic rings. The number of aliphatic hydroxyl groups is 1. The molecule has 0 aliphatic carbocycles. The molecular weight excluding hydrogens is 390 g/mol. The highest BCUT2D eigenvalue weighted by atomic mass is 32.2. The number of sulfone groups is 1. The van der Waals surface area contributed by atoms with Gasteiger partial charge in [-0.1, -0.05) is 24.3 Å². The first kappa shape index (κ1) is 19.8. The zero-order valence-corrected chi connectivity index (χ0v) is 16.8. The molecule has 0 radical (unpaired) electrons. The zero-order valence-electron chi connectivity index (χ0n) is 15.9. The maximum atomic E-state index is 11.5. The molecule has 1 aromatic heterocycles. The van der Waals surface area contributed by atoms with Crippen LogP contribution in [0.4, 0.5) is 0 Å². The van der Waals surface area contributed by atoms with Gasteiger partial charge in [0.2, 0.25) is 0 Å². The van der Waals surface area contributed by atoms with E-state index in [0.29, 0.717) is 25.4 Å². The number of fused-ring (bicyclic) bond motifs is 1. The largest absolute Gasteiger partial charge is 0.490 e. The van der Waals surface area contributed by atoms with Crippen LogP contribution < -0.4 is 4.74 Å². The van der Waals surface area contributed by atoms with E-state index in [-0.39, 0.29) is 18.1 Å². The number of ether oxygens (including phenoxy) is 1. The van der Waals surface area contributed by atoms with Gasteiger partial charge in [0.25, 0.3) is 0 Å². The molecule has 0 amide bonds. The van der Waals surface area contributed by atoms with Gasteiger partial charge in [-0.25, -0.2) is 8.42 Å². The van der Waals surface area contributed by atoms with Crippen LogP contribution >= 0.6 is 0 Å². The molecule has 2 heterocycles. The van der Waals surface area contributed by atoms with E-state index >= 15 is 0 Å². The van der Waals surface area contributed by atoms with Gasteiger partial charge in [-0.3, -0.25) is 4.90 Å². The first-order valence-electron chi connectivity index (χ1n) is 9.54. The van der Waals surface area contributed by atoms with Gasteiger partial charge in [-0.05, 0) is 29.1 Å². The number of aromatic nitrogens is 2. The van der Waals surface area contributed by atoms with Gasteiger partial charge < -0.3 is 9.84 Å². The number of nitrogens with zero attached hydrogens (tertiary/aromatic N) is 3. The zero-order chi connectivity index (χ0) is 20.3. The fraction of sp³-hybridized carbons (Fsp3) is 0.333. The quantitative estimate of drug-likeness (QED) is 0.658. The second-order valence-electron chi connectivity index (χ2n) is 7.21. The van der Waals surface area contributed by atoms with Crippen molar-refractivity contribution in [2.24, 2.45) is 0 Å². The number of hydrogen-bond donors (Lipinski definition) is 1. The molecule has 0 bridgehead atoms. The van der Waals surface area contributed by atoms with E-state index in [2.05, 4.69) is 10.2 Å². The maximum Gasteiger partial charge on any atom is 0.152 e. The third kappa shape index (κ3) is 4.72. The normalized spacial score (nSPS) is 17.8. The molecule has 0 spiro atoms. The fourth-order valence-electron chi connectivity index (χ4n) is 3.57. The average molecular weight is 413 g/mol. The van der Waals surface area contributed by atoms with Crippen LogP contribution in [0.1, 0.15) is 0 Å². The molecule has 1 fully saturated rings. The molecule has 1 N–H and O–H groups in total. The molecule has 1 unspecified atom stereocenters. The first-order chi connectivity index (χ1) is 14.0. The van der Waals surface area contributed by atoms with Gasteiger partial charge in [0.15, 0.2) is 9.84 Å². The Labute approximate surface area is 169 Å². The number of rotatable bonds is 6. The van der Waals surface area contributed by atoms with Gasteiger partial charge >= 0.3 is 0 Å². The number of hydrogen-bond acceptors (Lipinski definition) is 7. The van der Waals surface area contributed by atoms with Crippen LogP contribution in [0.5, 0.6) is 5.75 Å². The molecule has 1 atom stereocenters. The third-order valence-electron chi connectivity index (χ3n) is 5.12. The Balaban J connectivity index is 1.46. The summed E-state index contributed by atoms with van der Waals surface area (Å²) in [5.74, 6) is 0.999. The van der Waals surface area contributed by atoms with Crippen molar-refractivity contribution in [1.29, 1.82) is 0 Å². The summed E-state index contributed by atoms with van der Waals surface area (Å²) in [5.41, 5.74) is 2.01. The van der Waals surface area contributed by atoms with Crippen LogP contribution in [0.25, 0.3) is 21.9 Å². The average Bonchev–Trinajstić information content (AvgIpc) is 2.74. The summed E-state index contributed by atoms with van der Waals surface area (Å²) in [6.07, 6.45) is 2.69. The Morgan fingerprint density at radius 2 is 1.79 bits per heavy atom. The minimum Gasteiger partial charge on any atom is -0.490 e. The molecule has 1 saturated heterocycles. The summed E-state index contributed by atoms with van der Waals surface area (Å²) in [6.45, 7) is 1.45. The van der Waals surface area contributed by atoms with Crippen LogP contribution in [-0.4, -0.2) is 72.5 Å². The van der Waals surface area contributed by atoms with Crippen molar-refractivity contribution in [2.45, 2.75) is 6.10 Å². The van der Waals surface area contributed by atoms with Gasteiger partial charge in [-0.2, -0.15) is 10.2 Å². The lowest BCUT2D eigenvalue weighted by molar-refractivity contribution is 0.0716. The Morgan fingerprint density at radius 1 is 1.03 bits per heavy atom. The minimum atomic E-state index is -2.92. The molecule has 0 saturated carbocycles. The van der Waals surface area contributed by atoms with Gasteiger partial charge in [0.05, 0.1) is 23.9 Å². The summed E-state index contributed by atoms with van der Waals surface area (Å²) in [7, 11) is -2.92. The van der Waals surface area contributed by atoms with Crippen LogP contribution in [0, 0.1) is 0 Å². The van der Waals surface area contributed by atoms with Gasteiger partial charge in [0, 0.05) is 30.6 Å². The SMILES string of the molecule is O=S1(=O)CCN(CC(O)COc2ccc(-c3ccnnc3)c3ccccc23)CC1. The molecule has 152 valence electrons. The van der Waals surface area contributed by atoms with Crippen molar-refractivity contribution in [1.82, 2.24) is 15.1 Å². The standard InChI is InChI=1S/C21H23N3O4S/c25-17(14-24-9-11-29(26,27)12-10-24)15-28-21-6-5-18(16-7-8-22-23-13-16)19-3-1-2-4-20(19)21/h1-8,13,17,25H,9-12,14-15H2. The maximum absolute atomic E-state index is 11.5. The van der Waals surface area contributed by atoms with Crippen LogP contribution in [0.2, 0.25) is 0 Å². The summed E-state index contributed by atoms with van der Waals surface area (Å²) in [6, 6.07) is 13.7. The number of benzene rings is 2. The van der Waals surface area contributed by atoms with Crippen LogP contribution in [0.15, 0.2) is 54.9 Å². The first-order valence-corrected chi connectivity index (χ1v) is 11.4. The topological polar surface area (TPSA) is 92.6 Å². The second-order valence-corrected chi connectivity index (χ2v) is 9.51. The van der Waals surface area contributed by atoms with Crippen LogP contribution in [0.3, 0.4) is 0 Å². The molecule has 2 aromatic carbocycles. The van der Waals surface area contributed by atoms with E-state index < -0.39 is 15.9 Å². The molecular formula is C21H23N3O4S. The third-order valence-corrected chi connectivity index (χ3v) is 6.73. The highest BCUT2D eigenvalue weighted by molar-refractivity contribution is 7.91. The van der Waals surface area contributed by atoms with Crippen molar-refractivity contribution >= 4 is 20.6 Å². The Hall–Kier alpha value is -2.55. The van der Waals surface area contributed by atoms with E-state index in [1.165, 1.54) is 0 Å². The van der Waals surface area contributed by atoms with E-state index in [0.717, 1.165) is 21.9 Å². The van der Waals surface area contributed by atoms with E-state index in [4.69, 9.17) is 4.74 Å². The monoisotopic (exact) mass is 413 g/mol. The molecule has 29 heavy (non-hydrogen) atoms. The van der Waals surface area contributed by atoms with Gasteiger partial charge in [-0.15, -0.1) is 0 Å². The predicted octanol–water partition coefficient (Wildman–Crippen LogP) is 1.77. The number of aliphatic hydroxyl groups excluding tert-OH is 1. The fourth-order valence-corrected chi connectivity index (χ4v) is 4.85. The second kappa shape index (κ2) is 8.44. The lowest BCUT2D eigenvalue weighted by atomic mass is 9.99. The molecule has 7 nitrogen and oxygen atoms in total. The Morgan fingerprint density at radius 3 is 2.52 bits per heavy atom. The van der Waals surface area contributed by atoms with Crippen molar-refractivity contribution in [3.8, 4) is 16.9 Å². The summed E-state index contributed by atoms with van der Waals surface area (Å²) >= 11 is 0. The lowest BCUT2D eigenvalue weighted by Gasteiger charge is -2.28. The van der Waals surface area contributed by atoms with Crippen molar-refractivity contribution in [3.63, 3.8) is 0 Å². The smallest absolute Gasteiger partial charge is 0.152 e. The summed E-state index contributed by atoms with van der Waals surface area (Å²) < 4.78 is 29.0. The number of β-amino-alcohol motifs (C(OH)–C–C–N with tert-alkyl or cyclic N) is 1. The lowest BCUT2D eigenvalue weighted by Crippen LogP contribution is -2.44. The summed E-state index contributed by atoms with van der Waals surface area (Å²) in [5, 5.41) is 20.1. The molecule has 3 aromatic rings. The minimum absolute atomic E-state index is 0.142. The molecule has 1 aliphatic heterocycles. The Bertz CT molecular complexity index is 1080. The Kier molecular flexibility index (Phi) is 5.75. The predicted molar refractivity (Wildman–Crippen MR) is 112 cm³/mol. The van der Waals surface area contributed by atoms with Crippen molar-refractivity contribution in [3.05, 3.63) is 54.9 Å². The van der Waals surface area contributed by atoms with E-state index in [1.807, 2.05) is 47.4 Å². The van der Waals surface area contributed by atoms with Crippen LogP contribution in [-0.2, 0) is 9.84 Å².